The van der Waals surface area contributed by atoms with Gasteiger partial charge in [0.15, 0.2) is 5.82 Å². The highest BCUT2D eigenvalue weighted by atomic mass is 16.5. The van der Waals surface area contributed by atoms with E-state index in [-0.39, 0.29) is 0 Å². The number of methoxy groups -OCH3 is 1. The quantitative estimate of drug-likeness (QED) is 0.722. The smallest absolute Gasteiger partial charge is 0.198 e. The molecule has 1 N–H and O–H groups in total. The first-order valence-corrected chi connectivity index (χ1v) is 5.19. The van der Waals surface area contributed by atoms with E-state index in [1.54, 1.807) is 19.5 Å². The highest BCUT2D eigenvalue weighted by molar-refractivity contribution is 5.90. The molecule has 3 rings (SSSR count). The predicted octanol–water partition coefficient (Wildman–Crippen LogP) is 1.46. The highest BCUT2D eigenvalue weighted by Gasteiger charge is 2.11. The average molecular weight is 229 g/mol. The normalized spacial score (nSPS) is 10.9. The maximum absolute atomic E-state index is 5.25. The monoisotopic (exact) mass is 229 g/mol. The van der Waals surface area contributed by atoms with Crippen LogP contribution in [0.3, 0.4) is 0 Å². The molecule has 0 fully saturated rings. The van der Waals surface area contributed by atoms with E-state index in [1.165, 1.54) is 4.80 Å². The number of fused-ring (bicyclic) bond motifs is 1. The Balaban J connectivity index is 2.27. The number of pyridine rings is 1. The number of hydrogen-bond donors (Lipinski definition) is 1. The van der Waals surface area contributed by atoms with Gasteiger partial charge >= 0.3 is 0 Å². The zero-order valence-corrected chi connectivity index (χ0v) is 9.51. The van der Waals surface area contributed by atoms with Gasteiger partial charge < -0.3 is 9.72 Å². The van der Waals surface area contributed by atoms with Gasteiger partial charge in [0.1, 0.15) is 5.75 Å². The number of aromatic nitrogens is 5. The minimum absolute atomic E-state index is 0.666. The fourth-order valence-corrected chi connectivity index (χ4v) is 1.77. The fourth-order valence-electron chi connectivity index (χ4n) is 1.77. The third-order valence-corrected chi connectivity index (χ3v) is 2.56. The molecule has 0 aromatic carbocycles. The Bertz CT molecular complexity index is 669. The van der Waals surface area contributed by atoms with Crippen LogP contribution in [-0.2, 0) is 0 Å². The summed E-state index contributed by atoms with van der Waals surface area (Å²) < 4.78 is 5.25. The average Bonchev–Trinajstić information content (AvgIpc) is 2.96. The van der Waals surface area contributed by atoms with Crippen LogP contribution in [0.25, 0.3) is 16.7 Å². The third-order valence-electron chi connectivity index (χ3n) is 2.56. The van der Waals surface area contributed by atoms with Crippen molar-refractivity contribution in [1.82, 2.24) is 25.0 Å². The van der Waals surface area contributed by atoms with Gasteiger partial charge in [0.2, 0.25) is 0 Å². The zero-order chi connectivity index (χ0) is 11.8. The Morgan fingerprint density at radius 3 is 2.94 bits per heavy atom. The number of ether oxygens (including phenoxy) is 1. The number of H-pyrrole nitrogens is 1. The first kappa shape index (κ1) is 9.83. The van der Waals surface area contributed by atoms with Crippen LogP contribution in [0.2, 0.25) is 0 Å². The molecule has 0 amide bonds. The van der Waals surface area contributed by atoms with E-state index in [2.05, 4.69) is 20.2 Å². The van der Waals surface area contributed by atoms with Crippen molar-refractivity contribution in [2.75, 3.05) is 7.11 Å². The maximum atomic E-state index is 5.25. The minimum Gasteiger partial charge on any atom is -0.494 e. The fraction of sp³-hybridized carbons (Fsp3) is 0.182. The lowest BCUT2D eigenvalue weighted by Crippen LogP contribution is -2.03. The van der Waals surface area contributed by atoms with Crippen LogP contribution in [0.15, 0.2) is 24.7 Å². The molecule has 6 heteroatoms. The van der Waals surface area contributed by atoms with Crippen LogP contribution < -0.4 is 4.74 Å². The van der Waals surface area contributed by atoms with Crippen molar-refractivity contribution < 1.29 is 4.74 Å². The van der Waals surface area contributed by atoms with Crippen LogP contribution in [-0.4, -0.2) is 32.1 Å². The van der Waals surface area contributed by atoms with Gasteiger partial charge in [0.25, 0.3) is 0 Å². The predicted molar refractivity (Wildman–Crippen MR) is 62.3 cm³/mol. The summed E-state index contributed by atoms with van der Waals surface area (Å²) in [5, 5.41) is 9.37. The van der Waals surface area contributed by atoms with E-state index in [4.69, 9.17) is 4.74 Å². The summed E-state index contributed by atoms with van der Waals surface area (Å²) >= 11 is 0. The Morgan fingerprint density at radius 1 is 1.35 bits per heavy atom. The molecule has 17 heavy (non-hydrogen) atoms. The summed E-state index contributed by atoms with van der Waals surface area (Å²) in [4.78, 5) is 8.95. The van der Waals surface area contributed by atoms with Crippen molar-refractivity contribution in [2.45, 2.75) is 6.92 Å². The van der Waals surface area contributed by atoms with Gasteiger partial charge in [0.05, 0.1) is 30.7 Å². The Morgan fingerprint density at radius 2 is 2.24 bits per heavy atom. The lowest BCUT2D eigenvalue weighted by atomic mass is 10.3. The molecule has 0 saturated carbocycles. The summed E-state index contributed by atoms with van der Waals surface area (Å²) in [5.41, 5.74) is 1.71. The van der Waals surface area contributed by atoms with Gasteiger partial charge in [-0.1, -0.05) is 0 Å². The Kier molecular flexibility index (Phi) is 2.07. The standard InChI is InChI=1S/C11H11N5O/c1-7-5-14-16(15-7)11-10-8(3-4-12-10)9(17-2)6-13-11/h3-6,12H,1-2H3. The lowest BCUT2D eigenvalue weighted by Gasteiger charge is -2.04. The van der Waals surface area contributed by atoms with Crippen LogP contribution in [0.5, 0.6) is 5.75 Å². The van der Waals surface area contributed by atoms with E-state index < -0.39 is 0 Å². The van der Waals surface area contributed by atoms with E-state index in [0.717, 1.165) is 22.3 Å². The molecule has 0 radical (unpaired) electrons. The van der Waals surface area contributed by atoms with Crippen molar-refractivity contribution in [2.24, 2.45) is 0 Å². The zero-order valence-electron chi connectivity index (χ0n) is 9.51. The molecule has 3 heterocycles. The molecule has 0 spiro atoms. The van der Waals surface area contributed by atoms with Crippen molar-refractivity contribution in [3.8, 4) is 11.6 Å². The van der Waals surface area contributed by atoms with Crippen LogP contribution in [0, 0.1) is 6.92 Å². The molecule has 0 aliphatic heterocycles. The largest absolute Gasteiger partial charge is 0.494 e. The second kappa shape index (κ2) is 3.58. The van der Waals surface area contributed by atoms with Gasteiger partial charge in [-0.3, -0.25) is 0 Å². The summed E-state index contributed by atoms with van der Waals surface area (Å²) in [6.07, 6.45) is 5.21. The van der Waals surface area contributed by atoms with Crippen LogP contribution in [0.4, 0.5) is 0 Å². The van der Waals surface area contributed by atoms with Crippen LogP contribution >= 0.6 is 0 Å². The molecule has 86 valence electrons. The summed E-state index contributed by atoms with van der Waals surface area (Å²) in [6, 6.07) is 1.94. The number of hydrogen-bond acceptors (Lipinski definition) is 4. The first-order valence-electron chi connectivity index (χ1n) is 5.19. The molecule has 0 unspecified atom stereocenters. The molecule has 0 saturated heterocycles. The van der Waals surface area contributed by atoms with E-state index in [0.29, 0.717) is 5.82 Å². The summed E-state index contributed by atoms with van der Waals surface area (Å²) in [5.74, 6) is 1.40. The Labute approximate surface area is 97.2 Å². The number of nitrogens with zero attached hydrogens (tertiary/aromatic N) is 4. The second-order valence-corrected chi connectivity index (χ2v) is 3.69. The van der Waals surface area contributed by atoms with Crippen molar-refractivity contribution in [3.63, 3.8) is 0 Å². The van der Waals surface area contributed by atoms with Gasteiger partial charge in [-0.05, 0) is 13.0 Å². The minimum atomic E-state index is 0.666. The van der Waals surface area contributed by atoms with Crippen molar-refractivity contribution >= 4 is 10.9 Å². The molecule has 6 nitrogen and oxygen atoms in total. The van der Waals surface area contributed by atoms with E-state index in [9.17, 15) is 0 Å². The number of aryl methyl sites for hydroxylation is 1. The molecule has 0 aliphatic rings. The molecule has 0 bridgehead atoms. The van der Waals surface area contributed by atoms with Gasteiger partial charge in [-0.15, -0.1) is 4.80 Å². The number of rotatable bonds is 2. The third kappa shape index (κ3) is 1.45. The topological polar surface area (TPSA) is 68.6 Å². The Hall–Kier alpha value is -2.37. The SMILES string of the molecule is COc1cnc(-n2ncc(C)n2)c2[nH]ccc12. The number of nitrogens with one attached hydrogen (secondary N) is 1. The van der Waals surface area contributed by atoms with Gasteiger partial charge in [0, 0.05) is 11.6 Å². The highest BCUT2D eigenvalue weighted by Crippen LogP contribution is 2.26. The molecule has 0 atom stereocenters. The van der Waals surface area contributed by atoms with Crippen LogP contribution in [0.1, 0.15) is 5.69 Å². The van der Waals surface area contributed by atoms with Gasteiger partial charge in [-0.25, -0.2) is 4.98 Å². The van der Waals surface area contributed by atoms with Crippen molar-refractivity contribution in [3.05, 3.63) is 30.4 Å². The first-order chi connectivity index (χ1) is 8.29. The molecular formula is C11H11N5O. The van der Waals surface area contributed by atoms with E-state index in [1.807, 2.05) is 19.2 Å². The number of aromatic amines is 1. The summed E-state index contributed by atoms with van der Waals surface area (Å²) in [6.45, 7) is 1.89. The van der Waals surface area contributed by atoms with Gasteiger partial charge in [-0.2, -0.15) is 10.2 Å². The molecule has 3 aromatic rings. The van der Waals surface area contributed by atoms with E-state index >= 15 is 0 Å². The maximum Gasteiger partial charge on any atom is 0.198 e. The van der Waals surface area contributed by atoms with Crippen molar-refractivity contribution in [1.29, 1.82) is 0 Å². The molecule has 0 aliphatic carbocycles. The second-order valence-electron chi connectivity index (χ2n) is 3.69. The lowest BCUT2D eigenvalue weighted by molar-refractivity contribution is 0.418. The summed E-state index contributed by atoms with van der Waals surface area (Å²) in [7, 11) is 1.62. The molecular weight excluding hydrogens is 218 g/mol. The molecule has 3 aromatic heterocycles.